The van der Waals surface area contributed by atoms with E-state index in [1.54, 1.807) is 13.0 Å². The summed E-state index contributed by atoms with van der Waals surface area (Å²) in [6, 6.07) is 6.90. The zero-order valence-corrected chi connectivity index (χ0v) is 12.4. The van der Waals surface area contributed by atoms with E-state index < -0.39 is 4.92 Å². The molecule has 112 valence electrons. The summed E-state index contributed by atoms with van der Waals surface area (Å²) >= 11 is 1.52. The molecule has 0 atom stereocenters. The van der Waals surface area contributed by atoms with Crippen molar-refractivity contribution in [3.8, 4) is 16.5 Å². The first-order valence-corrected chi connectivity index (χ1v) is 7.25. The van der Waals surface area contributed by atoms with Gasteiger partial charge in [-0.15, -0.1) is 11.3 Å². The predicted octanol–water partition coefficient (Wildman–Crippen LogP) is 3.59. The highest BCUT2D eigenvalue weighted by atomic mass is 32.1. The van der Waals surface area contributed by atoms with Gasteiger partial charge in [0, 0.05) is 0 Å². The smallest absolute Gasteiger partial charge is 0.406 e. The van der Waals surface area contributed by atoms with Crippen molar-refractivity contribution in [2.24, 2.45) is 0 Å². The first kappa shape index (κ1) is 14.2. The molecule has 0 amide bonds. The molecule has 0 aromatic carbocycles. The van der Waals surface area contributed by atoms with E-state index in [0.717, 1.165) is 4.88 Å². The van der Waals surface area contributed by atoms with Crippen molar-refractivity contribution in [1.82, 2.24) is 9.97 Å². The average molecular weight is 317 g/mol. The minimum atomic E-state index is -0.581. The number of nitro groups is 1. The van der Waals surface area contributed by atoms with E-state index in [9.17, 15) is 10.1 Å². The van der Waals surface area contributed by atoms with Gasteiger partial charge in [-0.05, 0) is 40.4 Å². The number of ether oxygens (including phenoxy) is 1. The summed E-state index contributed by atoms with van der Waals surface area (Å²) in [4.78, 5) is 19.3. The molecule has 0 spiro atoms. The standard InChI is InChI=1S/C14H11N3O4S/c1-9-10(16-14(21-9)12-5-3-7-22-12)8-20-11-4-2-6-15-13(11)17(18)19/h2-7H,8H2,1H3. The molecule has 0 N–H and O–H groups in total. The number of oxazole rings is 1. The zero-order chi connectivity index (χ0) is 15.5. The van der Waals surface area contributed by atoms with E-state index in [1.165, 1.54) is 23.6 Å². The average Bonchev–Trinajstić information content (AvgIpc) is 3.15. The lowest BCUT2D eigenvalue weighted by atomic mass is 10.4. The number of hydrogen-bond acceptors (Lipinski definition) is 7. The van der Waals surface area contributed by atoms with Crippen LogP contribution in [0.1, 0.15) is 11.5 Å². The van der Waals surface area contributed by atoms with Gasteiger partial charge in [-0.25, -0.2) is 4.98 Å². The summed E-state index contributed by atoms with van der Waals surface area (Å²) in [7, 11) is 0. The summed E-state index contributed by atoms with van der Waals surface area (Å²) in [5.41, 5.74) is 0.599. The van der Waals surface area contributed by atoms with E-state index in [2.05, 4.69) is 9.97 Å². The second-order valence-corrected chi connectivity index (χ2v) is 5.32. The van der Waals surface area contributed by atoms with Crippen molar-refractivity contribution in [1.29, 1.82) is 0 Å². The normalized spacial score (nSPS) is 10.6. The van der Waals surface area contributed by atoms with Gasteiger partial charge < -0.3 is 19.3 Å². The highest BCUT2D eigenvalue weighted by Crippen LogP contribution is 2.28. The second-order valence-electron chi connectivity index (χ2n) is 4.37. The number of rotatable bonds is 5. The van der Waals surface area contributed by atoms with E-state index in [4.69, 9.17) is 9.15 Å². The number of hydrogen-bond donors (Lipinski definition) is 0. The van der Waals surface area contributed by atoms with Crippen LogP contribution in [0.25, 0.3) is 10.8 Å². The van der Waals surface area contributed by atoms with Crippen molar-refractivity contribution < 1.29 is 14.1 Å². The third-order valence-electron chi connectivity index (χ3n) is 2.91. The fraction of sp³-hybridized carbons (Fsp3) is 0.143. The second kappa shape index (κ2) is 5.94. The van der Waals surface area contributed by atoms with Gasteiger partial charge in [-0.3, -0.25) is 0 Å². The largest absolute Gasteiger partial charge is 0.479 e. The van der Waals surface area contributed by atoms with E-state index in [0.29, 0.717) is 17.3 Å². The molecule has 0 aliphatic heterocycles. The van der Waals surface area contributed by atoms with Crippen LogP contribution in [0.15, 0.2) is 40.3 Å². The maximum absolute atomic E-state index is 10.9. The number of thiophene rings is 1. The van der Waals surface area contributed by atoms with Crippen molar-refractivity contribution >= 4 is 17.2 Å². The van der Waals surface area contributed by atoms with Crippen molar-refractivity contribution in [3.63, 3.8) is 0 Å². The summed E-state index contributed by atoms with van der Waals surface area (Å²) in [5, 5.41) is 12.8. The third-order valence-corrected chi connectivity index (χ3v) is 3.77. The van der Waals surface area contributed by atoms with Crippen LogP contribution in [-0.4, -0.2) is 14.9 Å². The number of aryl methyl sites for hydroxylation is 1. The van der Waals surface area contributed by atoms with Gasteiger partial charge in [0.1, 0.15) is 24.3 Å². The fourth-order valence-electron chi connectivity index (χ4n) is 1.85. The molecule has 0 saturated heterocycles. The lowest BCUT2D eigenvalue weighted by molar-refractivity contribution is -0.390. The van der Waals surface area contributed by atoms with E-state index >= 15 is 0 Å². The minimum Gasteiger partial charge on any atom is -0.479 e. The first-order valence-electron chi connectivity index (χ1n) is 6.37. The Morgan fingerprint density at radius 2 is 2.27 bits per heavy atom. The van der Waals surface area contributed by atoms with Gasteiger partial charge >= 0.3 is 5.82 Å². The quantitative estimate of drug-likeness (QED) is 0.527. The Bertz CT molecular complexity index is 798. The number of aromatic nitrogens is 2. The lowest BCUT2D eigenvalue weighted by Gasteiger charge is -2.04. The monoisotopic (exact) mass is 317 g/mol. The molecule has 8 heteroatoms. The molecule has 3 aromatic heterocycles. The predicted molar refractivity (Wildman–Crippen MR) is 79.8 cm³/mol. The molecule has 7 nitrogen and oxygen atoms in total. The van der Waals surface area contributed by atoms with Crippen LogP contribution < -0.4 is 4.74 Å². The molecule has 0 fully saturated rings. The molecule has 22 heavy (non-hydrogen) atoms. The molecule has 3 aromatic rings. The van der Waals surface area contributed by atoms with Crippen LogP contribution in [0.2, 0.25) is 0 Å². The Morgan fingerprint density at radius 3 is 3.00 bits per heavy atom. The van der Waals surface area contributed by atoms with Gasteiger partial charge in [0.25, 0.3) is 0 Å². The van der Waals surface area contributed by atoms with Gasteiger partial charge in [0.15, 0.2) is 0 Å². The van der Waals surface area contributed by atoms with Crippen molar-refractivity contribution in [2.75, 3.05) is 0 Å². The molecule has 0 radical (unpaired) electrons. The minimum absolute atomic E-state index is 0.0766. The molecule has 0 aliphatic rings. The molecular weight excluding hydrogens is 306 g/mol. The topological polar surface area (TPSA) is 91.3 Å². The Labute approximate surface area is 129 Å². The highest BCUT2D eigenvalue weighted by Gasteiger charge is 2.18. The third kappa shape index (κ3) is 2.82. The van der Waals surface area contributed by atoms with Crippen LogP contribution in [0, 0.1) is 17.0 Å². The van der Waals surface area contributed by atoms with E-state index in [-0.39, 0.29) is 18.2 Å². The molecule has 0 bridgehead atoms. The van der Waals surface area contributed by atoms with Gasteiger partial charge in [0.05, 0.1) is 4.88 Å². The Morgan fingerprint density at radius 1 is 1.41 bits per heavy atom. The summed E-state index contributed by atoms with van der Waals surface area (Å²) in [6.07, 6.45) is 1.35. The summed E-state index contributed by atoms with van der Waals surface area (Å²) in [5.74, 6) is 0.927. The highest BCUT2D eigenvalue weighted by molar-refractivity contribution is 7.13. The number of pyridine rings is 1. The maximum atomic E-state index is 10.9. The maximum Gasteiger partial charge on any atom is 0.406 e. The van der Waals surface area contributed by atoms with Crippen LogP contribution in [0.4, 0.5) is 5.82 Å². The molecule has 3 heterocycles. The van der Waals surface area contributed by atoms with E-state index in [1.807, 2.05) is 17.5 Å². The molecule has 0 aliphatic carbocycles. The van der Waals surface area contributed by atoms with Crippen LogP contribution in [0.5, 0.6) is 5.75 Å². The zero-order valence-electron chi connectivity index (χ0n) is 11.6. The number of nitrogens with zero attached hydrogens (tertiary/aromatic N) is 3. The van der Waals surface area contributed by atoms with Gasteiger partial charge in [0.2, 0.25) is 11.6 Å². The van der Waals surface area contributed by atoms with Gasteiger partial charge in [-0.2, -0.15) is 0 Å². The SMILES string of the molecule is Cc1oc(-c2cccs2)nc1COc1cccnc1[N+](=O)[O-]. The van der Waals surface area contributed by atoms with Crippen molar-refractivity contribution in [2.45, 2.75) is 13.5 Å². The van der Waals surface area contributed by atoms with Crippen LogP contribution in [-0.2, 0) is 6.61 Å². The first-order chi connectivity index (χ1) is 10.6. The van der Waals surface area contributed by atoms with Gasteiger partial charge in [-0.1, -0.05) is 6.07 Å². The molecule has 3 rings (SSSR count). The summed E-state index contributed by atoms with van der Waals surface area (Å²) < 4.78 is 11.1. The molecular formula is C14H11N3O4S. The van der Waals surface area contributed by atoms with Crippen molar-refractivity contribution in [3.05, 3.63) is 57.4 Å². The Hall–Kier alpha value is -2.74. The summed E-state index contributed by atoms with van der Waals surface area (Å²) in [6.45, 7) is 1.85. The molecule has 0 unspecified atom stereocenters. The van der Waals surface area contributed by atoms with Crippen LogP contribution >= 0.6 is 11.3 Å². The van der Waals surface area contributed by atoms with Crippen LogP contribution in [0.3, 0.4) is 0 Å². The Balaban J connectivity index is 1.79. The molecule has 0 saturated carbocycles. The Kier molecular flexibility index (Phi) is 3.84. The fourth-order valence-corrected chi connectivity index (χ4v) is 2.49. The lowest BCUT2D eigenvalue weighted by Crippen LogP contribution is -2.01.